The van der Waals surface area contributed by atoms with Crippen molar-refractivity contribution in [2.24, 2.45) is 0 Å². The zero-order valence-electron chi connectivity index (χ0n) is 16.2. The van der Waals surface area contributed by atoms with Crippen LogP contribution in [0.3, 0.4) is 0 Å². The lowest BCUT2D eigenvalue weighted by Gasteiger charge is -2.36. The van der Waals surface area contributed by atoms with E-state index in [0.717, 1.165) is 5.56 Å². The summed E-state index contributed by atoms with van der Waals surface area (Å²) in [6, 6.07) is 14.6. The van der Waals surface area contributed by atoms with Gasteiger partial charge in [-0.3, -0.25) is 4.79 Å². The summed E-state index contributed by atoms with van der Waals surface area (Å²) in [6.07, 6.45) is 0. The molecule has 150 valence electrons. The van der Waals surface area contributed by atoms with E-state index in [0.29, 0.717) is 42.1 Å². The van der Waals surface area contributed by atoms with Gasteiger partial charge in [0, 0.05) is 19.2 Å². The van der Waals surface area contributed by atoms with Crippen LogP contribution in [0.1, 0.15) is 11.8 Å². The maximum atomic E-state index is 12.3. The van der Waals surface area contributed by atoms with Crippen molar-refractivity contribution < 1.29 is 23.5 Å². The van der Waals surface area contributed by atoms with E-state index in [-0.39, 0.29) is 18.4 Å². The number of methoxy groups -OCH3 is 2. The average Bonchev–Trinajstić information content (AvgIpc) is 3.20. The van der Waals surface area contributed by atoms with Gasteiger partial charge in [0.15, 0.2) is 6.61 Å². The molecule has 0 unspecified atom stereocenters. The van der Waals surface area contributed by atoms with Gasteiger partial charge in [-0.05, 0) is 24.3 Å². The Morgan fingerprint density at radius 2 is 1.90 bits per heavy atom. The molecule has 8 nitrogen and oxygen atoms in total. The highest BCUT2D eigenvalue weighted by Gasteiger charge is 2.36. The number of benzene rings is 2. The van der Waals surface area contributed by atoms with E-state index in [1.165, 1.54) is 0 Å². The normalized spacial score (nSPS) is 13.7. The van der Waals surface area contributed by atoms with Gasteiger partial charge in [0.1, 0.15) is 17.2 Å². The predicted molar refractivity (Wildman–Crippen MR) is 104 cm³/mol. The minimum atomic E-state index is -0.0893. The van der Waals surface area contributed by atoms with Crippen molar-refractivity contribution in [1.29, 1.82) is 0 Å². The summed E-state index contributed by atoms with van der Waals surface area (Å²) in [5.41, 5.74) is 0.768. The molecule has 0 aliphatic carbocycles. The predicted octanol–water partition coefficient (Wildman–Crippen LogP) is 2.76. The summed E-state index contributed by atoms with van der Waals surface area (Å²) in [5, 5.41) is 4.05. The van der Waals surface area contributed by atoms with E-state index in [1.54, 1.807) is 31.3 Å². The van der Waals surface area contributed by atoms with Crippen molar-refractivity contribution in [3.63, 3.8) is 0 Å². The lowest BCUT2D eigenvalue weighted by molar-refractivity contribution is -0.138. The van der Waals surface area contributed by atoms with Crippen molar-refractivity contribution >= 4 is 5.91 Å². The molecule has 3 aromatic rings. The summed E-state index contributed by atoms with van der Waals surface area (Å²) in [6.45, 7) is 1.01. The third-order valence-electron chi connectivity index (χ3n) is 4.78. The first-order valence-electron chi connectivity index (χ1n) is 9.19. The molecule has 0 atom stereocenters. The van der Waals surface area contributed by atoms with Crippen molar-refractivity contribution in [2.75, 3.05) is 33.9 Å². The fraction of sp³-hybridized carbons (Fsp3) is 0.286. The number of rotatable bonds is 7. The van der Waals surface area contributed by atoms with Gasteiger partial charge in [0.05, 0.1) is 25.7 Å². The number of carbonyl (C=O) groups excluding carboxylic acids is 1. The van der Waals surface area contributed by atoms with Crippen LogP contribution in [-0.4, -0.2) is 54.9 Å². The first-order valence-corrected chi connectivity index (χ1v) is 9.19. The van der Waals surface area contributed by atoms with Crippen LogP contribution in [0.25, 0.3) is 11.4 Å². The monoisotopic (exact) mass is 395 g/mol. The Balaban J connectivity index is 1.32. The maximum absolute atomic E-state index is 12.3. The summed E-state index contributed by atoms with van der Waals surface area (Å²) in [7, 11) is 3.18. The molecular formula is C21H21N3O5. The molecule has 1 amide bonds. The minimum Gasteiger partial charge on any atom is -0.497 e. The fourth-order valence-corrected chi connectivity index (χ4v) is 3.11. The number of carbonyl (C=O) groups is 1. The number of ether oxygens (including phenoxy) is 3. The van der Waals surface area contributed by atoms with E-state index in [1.807, 2.05) is 36.4 Å². The Morgan fingerprint density at radius 1 is 1.10 bits per heavy atom. The largest absolute Gasteiger partial charge is 0.497 e. The first kappa shape index (κ1) is 18.8. The first-order chi connectivity index (χ1) is 14.2. The van der Waals surface area contributed by atoms with Crippen LogP contribution < -0.4 is 14.2 Å². The molecule has 2 heterocycles. The van der Waals surface area contributed by atoms with Gasteiger partial charge >= 0.3 is 0 Å². The SMILES string of the molecule is COc1cccc(OCC(=O)N2CC(c3nc(-c4ccccc4OC)no3)C2)c1. The highest BCUT2D eigenvalue weighted by molar-refractivity contribution is 5.78. The standard InChI is InChI=1S/C21H21N3O5/c1-26-15-6-5-7-16(10-15)28-13-19(25)24-11-14(12-24)21-22-20(23-29-21)17-8-3-4-9-18(17)27-2/h3-10,14H,11-13H2,1-2H3. The van der Waals surface area contributed by atoms with Crippen LogP contribution in [0, 0.1) is 0 Å². The Labute approximate surface area is 168 Å². The Bertz CT molecular complexity index is 997. The molecule has 1 aliphatic rings. The number of hydrogen-bond donors (Lipinski definition) is 0. The van der Waals surface area contributed by atoms with E-state index >= 15 is 0 Å². The molecule has 1 aromatic heterocycles. The molecule has 0 bridgehead atoms. The van der Waals surface area contributed by atoms with Crippen molar-refractivity contribution in [3.8, 4) is 28.6 Å². The number of likely N-dealkylation sites (tertiary alicyclic amines) is 1. The number of amides is 1. The molecule has 2 aromatic carbocycles. The molecular weight excluding hydrogens is 374 g/mol. The van der Waals surface area contributed by atoms with E-state index < -0.39 is 0 Å². The third-order valence-corrected chi connectivity index (χ3v) is 4.78. The molecule has 0 saturated carbocycles. The molecule has 4 rings (SSSR count). The van der Waals surface area contributed by atoms with Crippen molar-refractivity contribution in [2.45, 2.75) is 5.92 Å². The van der Waals surface area contributed by atoms with Crippen LogP contribution in [0.2, 0.25) is 0 Å². The molecule has 0 spiro atoms. The quantitative estimate of drug-likeness (QED) is 0.608. The van der Waals surface area contributed by atoms with E-state index in [4.69, 9.17) is 18.7 Å². The highest BCUT2D eigenvalue weighted by atomic mass is 16.5. The molecule has 8 heteroatoms. The van der Waals surface area contributed by atoms with Gasteiger partial charge in [0.2, 0.25) is 11.7 Å². The average molecular weight is 395 g/mol. The topological polar surface area (TPSA) is 86.9 Å². The lowest BCUT2D eigenvalue weighted by atomic mass is 10.0. The van der Waals surface area contributed by atoms with E-state index in [9.17, 15) is 4.79 Å². The second kappa shape index (κ2) is 8.22. The Morgan fingerprint density at radius 3 is 2.69 bits per heavy atom. The van der Waals surface area contributed by atoms with Gasteiger partial charge in [-0.2, -0.15) is 4.98 Å². The van der Waals surface area contributed by atoms with Crippen LogP contribution in [0.5, 0.6) is 17.2 Å². The molecule has 0 radical (unpaired) electrons. The molecule has 0 N–H and O–H groups in total. The molecule has 1 aliphatic heterocycles. The zero-order chi connectivity index (χ0) is 20.2. The highest BCUT2D eigenvalue weighted by Crippen LogP contribution is 2.31. The van der Waals surface area contributed by atoms with Crippen molar-refractivity contribution in [1.82, 2.24) is 15.0 Å². The second-order valence-corrected chi connectivity index (χ2v) is 6.62. The van der Waals surface area contributed by atoms with Crippen molar-refractivity contribution in [3.05, 3.63) is 54.4 Å². The van der Waals surface area contributed by atoms with Gasteiger partial charge in [-0.15, -0.1) is 0 Å². The summed E-state index contributed by atoms with van der Waals surface area (Å²) < 4.78 is 21.5. The Hall–Kier alpha value is -3.55. The molecule has 1 fully saturated rings. The Kier molecular flexibility index (Phi) is 5.33. The fourth-order valence-electron chi connectivity index (χ4n) is 3.11. The summed E-state index contributed by atoms with van der Waals surface area (Å²) in [5.74, 6) is 2.88. The summed E-state index contributed by atoms with van der Waals surface area (Å²) in [4.78, 5) is 18.5. The number of para-hydroxylation sites is 1. The van der Waals surface area contributed by atoms with Gasteiger partial charge in [0.25, 0.3) is 5.91 Å². The number of aromatic nitrogens is 2. The van der Waals surface area contributed by atoms with Crippen LogP contribution >= 0.6 is 0 Å². The van der Waals surface area contributed by atoms with Crippen LogP contribution in [-0.2, 0) is 4.79 Å². The van der Waals surface area contributed by atoms with Crippen LogP contribution in [0.15, 0.2) is 53.1 Å². The summed E-state index contributed by atoms with van der Waals surface area (Å²) >= 11 is 0. The molecule has 1 saturated heterocycles. The van der Waals surface area contributed by atoms with Crippen LogP contribution in [0.4, 0.5) is 0 Å². The van der Waals surface area contributed by atoms with Gasteiger partial charge in [-0.1, -0.05) is 23.4 Å². The second-order valence-electron chi connectivity index (χ2n) is 6.62. The smallest absolute Gasteiger partial charge is 0.260 e. The van der Waals surface area contributed by atoms with Gasteiger partial charge in [-0.25, -0.2) is 0 Å². The van der Waals surface area contributed by atoms with E-state index in [2.05, 4.69) is 10.1 Å². The lowest BCUT2D eigenvalue weighted by Crippen LogP contribution is -2.50. The maximum Gasteiger partial charge on any atom is 0.260 e. The molecule has 29 heavy (non-hydrogen) atoms. The number of nitrogens with zero attached hydrogens (tertiary/aromatic N) is 3. The third kappa shape index (κ3) is 4.01. The zero-order valence-corrected chi connectivity index (χ0v) is 16.2. The minimum absolute atomic E-state index is 0.0201. The van der Waals surface area contributed by atoms with Gasteiger partial charge < -0.3 is 23.6 Å². The number of hydrogen-bond acceptors (Lipinski definition) is 7.